The fraction of sp³-hybridized carbons (Fsp3) is 0.500. The van der Waals surface area contributed by atoms with Crippen molar-refractivity contribution in [3.63, 3.8) is 0 Å². The van der Waals surface area contributed by atoms with Gasteiger partial charge in [-0.15, -0.1) is 0 Å². The number of nitrogens with zero attached hydrogens (tertiary/aromatic N) is 1. The van der Waals surface area contributed by atoms with E-state index >= 15 is 0 Å². The van der Waals surface area contributed by atoms with Gasteiger partial charge in [0, 0.05) is 18.5 Å². The number of carbonyl (C=O) groups excluding carboxylic acids is 1. The third kappa shape index (κ3) is 3.61. The third-order valence-electron chi connectivity index (χ3n) is 3.50. The molecule has 0 radical (unpaired) electrons. The maximum absolute atomic E-state index is 12.2. The molecule has 2 rings (SSSR count). The fourth-order valence-electron chi connectivity index (χ4n) is 2.48. The fourth-order valence-corrected chi connectivity index (χ4v) is 2.48. The number of nitro groups is 1. The van der Waals surface area contributed by atoms with Crippen LogP contribution in [0.3, 0.4) is 0 Å². The topological polar surface area (TPSA) is 72.2 Å². The summed E-state index contributed by atoms with van der Waals surface area (Å²) >= 11 is 0. The second-order valence-corrected chi connectivity index (χ2v) is 4.90. The molecule has 1 aromatic carbocycles. The molecule has 1 saturated heterocycles. The van der Waals surface area contributed by atoms with Crippen molar-refractivity contribution in [3.8, 4) is 0 Å². The zero-order chi connectivity index (χ0) is 13.7. The van der Waals surface area contributed by atoms with E-state index < -0.39 is 4.92 Å². The van der Waals surface area contributed by atoms with Crippen molar-refractivity contribution in [1.29, 1.82) is 0 Å². The molecule has 0 saturated carbocycles. The predicted molar refractivity (Wildman–Crippen MR) is 72.3 cm³/mol. The lowest BCUT2D eigenvalue weighted by molar-refractivity contribution is -0.385. The van der Waals surface area contributed by atoms with E-state index in [1.807, 2.05) is 0 Å². The number of nitro benzene ring substituents is 1. The van der Waals surface area contributed by atoms with Crippen LogP contribution in [0.4, 0.5) is 5.69 Å². The zero-order valence-electron chi connectivity index (χ0n) is 10.8. The average Bonchev–Trinajstić information content (AvgIpc) is 2.67. The minimum atomic E-state index is -0.492. The second-order valence-electron chi connectivity index (χ2n) is 4.90. The van der Waals surface area contributed by atoms with Gasteiger partial charge in [0.05, 0.1) is 10.5 Å². The van der Waals surface area contributed by atoms with E-state index in [0.717, 1.165) is 25.8 Å². The molecular weight excluding hydrogens is 244 g/mol. The van der Waals surface area contributed by atoms with Crippen LogP contribution in [0.1, 0.15) is 42.5 Å². The maximum Gasteiger partial charge on any atom is 0.280 e. The SMILES string of the molecule is O=C(CC1CCCCCN1)c1ccccc1[N+](=O)[O-]. The summed E-state index contributed by atoms with van der Waals surface area (Å²) in [6, 6.07) is 6.32. The van der Waals surface area contributed by atoms with Crippen LogP contribution in [0.25, 0.3) is 0 Å². The van der Waals surface area contributed by atoms with Crippen molar-refractivity contribution in [2.45, 2.75) is 38.1 Å². The van der Waals surface area contributed by atoms with Gasteiger partial charge in [0.2, 0.25) is 0 Å². The van der Waals surface area contributed by atoms with Gasteiger partial charge >= 0.3 is 0 Å². The highest BCUT2D eigenvalue weighted by atomic mass is 16.6. The van der Waals surface area contributed by atoms with Crippen LogP contribution in [-0.4, -0.2) is 23.3 Å². The Balaban J connectivity index is 2.09. The molecule has 5 nitrogen and oxygen atoms in total. The highest BCUT2D eigenvalue weighted by molar-refractivity contribution is 6.00. The van der Waals surface area contributed by atoms with Crippen molar-refractivity contribution in [2.75, 3.05) is 6.54 Å². The molecule has 1 heterocycles. The molecule has 0 aliphatic carbocycles. The Morgan fingerprint density at radius 3 is 2.89 bits per heavy atom. The van der Waals surface area contributed by atoms with Crippen LogP contribution in [0.5, 0.6) is 0 Å². The van der Waals surface area contributed by atoms with Gasteiger partial charge in [-0.1, -0.05) is 25.0 Å². The molecule has 19 heavy (non-hydrogen) atoms. The molecule has 102 valence electrons. The van der Waals surface area contributed by atoms with Crippen LogP contribution in [0, 0.1) is 10.1 Å². The van der Waals surface area contributed by atoms with E-state index in [-0.39, 0.29) is 23.1 Å². The number of benzene rings is 1. The summed E-state index contributed by atoms with van der Waals surface area (Å²) in [5.74, 6) is -0.147. The Hall–Kier alpha value is -1.75. The van der Waals surface area contributed by atoms with Gasteiger partial charge in [0.25, 0.3) is 5.69 Å². The molecule has 1 aliphatic heterocycles. The van der Waals surface area contributed by atoms with Crippen molar-refractivity contribution in [3.05, 3.63) is 39.9 Å². The first kappa shape index (κ1) is 13.7. The summed E-state index contributed by atoms with van der Waals surface area (Å²) in [5, 5.41) is 14.3. The van der Waals surface area contributed by atoms with Crippen LogP contribution in [0.2, 0.25) is 0 Å². The van der Waals surface area contributed by atoms with Gasteiger partial charge in [-0.3, -0.25) is 14.9 Å². The van der Waals surface area contributed by atoms with Crippen LogP contribution in [-0.2, 0) is 0 Å². The maximum atomic E-state index is 12.2. The lowest BCUT2D eigenvalue weighted by atomic mass is 9.99. The molecule has 1 fully saturated rings. The average molecular weight is 262 g/mol. The van der Waals surface area contributed by atoms with E-state index in [4.69, 9.17) is 0 Å². The number of Topliss-reactive ketones (excluding diaryl/α,β-unsaturated/α-hetero) is 1. The lowest BCUT2D eigenvalue weighted by Crippen LogP contribution is -2.30. The number of hydrogen-bond acceptors (Lipinski definition) is 4. The molecule has 1 atom stereocenters. The summed E-state index contributed by atoms with van der Waals surface area (Å²) in [6.07, 6.45) is 4.73. The standard InChI is InChI=1S/C14H18N2O3/c17-14(10-11-6-2-1-5-9-15-11)12-7-3-4-8-13(12)16(18)19/h3-4,7-8,11,15H,1-2,5-6,9-10H2. The normalized spacial score (nSPS) is 19.7. The van der Waals surface area contributed by atoms with Crippen molar-refractivity contribution < 1.29 is 9.72 Å². The van der Waals surface area contributed by atoms with E-state index in [0.29, 0.717) is 6.42 Å². The van der Waals surface area contributed by atoms with Crippen LogP contribution in [0.15, 0.2) is 24.3 Å². The Morgan fingerprint density at radius 2 is 2.11 bits per heavy atom. The Labute approximate surface area is 112 Å². The van der Waals surface area contributed by atoms with Gasteiger partial charge in [-0.25, -0.2) is 0 Å². The minimum Gasteiger partial charge on any atom is -0.314 e. The van der Waals surface area contributed by atoms with Gasteiger partial charge in [-0.05, 0) is 25.5 Å². The number of para-hydroxylation sites is 1. The highest BCUT2D eigenvalue weighted by Gasteiger charge is 2.22. The summed E-state index contributed by atoms with van der Waals surface area (Å²) in [4.78, 5) is 22.6. The van der Waals surface area contributed by atoms with E-state index in [1.54, 1.807) is 12.1 Å². The molecule has 0 spiro atoms. The summed E-state index contributed by atoms with van der Waals surface area (Å²) < 4.78 is 0. The third-order valence-corrected chi connectivity index (χ3v) is 3.50. The number of carbonyl (C=O) groups is 1. The zero-order valence-corrected chi connectivity index (χ0v) is 10.8. The smallest absolute Gasteiger partial charge is 0.280 e. The van der Waals surface area contributed by atoms with Crippen LogP contribution < -0.4 is 5.32 Å². The monoisotopic (exact) mass is 262 g/mol. The first-order valence-corrected chi connectivity index (χ1v) is 6.68. The van der Waals surface area contributed by atoms with Crippen molar-refractivity contribution in [2.24, 2.45) is 0 Å². The number of hydrogen-bond donors (Lipinski definition) is 1. The Bertz CT molecular complexity index is 466. The second kappa shape index (κ2) is 6.43. The van der Waals surface area contributed by atoms with Gasteiger partial charge < -0.3 is 5.32 Å². The highest BCUT2D eigenvalue weighted by Crippen LogP contribution is 2.21. The van der Waals surface area contributed by atoms with Gasteiger partial charge in [0.15, 0.2) is 5.78 Å². The molecule has 1 aliphatic rings. The van der Waals surface area contributed by atoms with Crippen molar-refractivity contribution in [1.82, 2.24) is 5.32 Å². The largest absolute Gasteiger partial charge is 0.314 e. The van der Waals surface area contributed by atoms with E-state index in [9.17, 15) is 14.9 Å². The van der Waals surface area contributed by atoms with E-state index in [1.165, 1.54) is 18.6 Å². The number of rotatable bonds is 4. The summed E-state index contributed by atoms with van der Waals surface area (Å²) in [6.45, 7) is 0.925. The van der Waals surface area contributed by atoms with Crippen molar-refractivity contribution >= 4 is 11.5 Å². The molecule has 0 aromatic heterocycles. The predicted octanol–water partition coefficient (Wildman–Crippen LogP) is 2.70. The van der Waals surface area contributed by atoms with E-state index in [2.05, 4.69) is 5.32 Å². The van der Waals surface area contributed by atoms with Gasteiger partial charge in [-0.2, -0.15) is 0 Å². The minimum absolute atomic E-state index is 0.0962. The number of ketones is 1. The molecule has 0 bridgehead atoms. The molecule has 0 amide bonds. The quantitative estimate of drug-likeness (QED) is 0.514. The Morgan fingerprint density at radius 1 is 1.32 bits per heavy atom. The first-order valence-electron chi connectivity index (χ1n) is 6.68. The lowest BCUT2D eigenvalue weighted by Gasteiger charge is -2.14. The molecule has 1 N–H and O–H groups in total. The summed E-state index contributed by atoms with van der Waals surface area (Å²) in [7, 11) is 0. The number of nitrogens with one attached hydrogen (secondary N) is 1. The van der Waals surface area contributed by atoms with Gasteiger partial charge in [0.1, 0.15) is 0 Å². The Kier molecular flexibility index (Phi) is 4.63. The molecule has 1 unspecified atom stereocenters. The molecule has 5 heteroatoms. The molecular formula is C14H18N2O3. The van der Waals surface area contributed by atoms with Crippen LogP contribution >= 0.6 is 0 Å². The summed E-state index contributed by atoms with van der Waals surface area (Å²) in [5.41, 5.74) is 0.125. The molecule has 1 aromatic rings. The first-order chi connectivity index (χ1) is 9.18.